The summed E-state index contributed by atoms with van der Waals surface area (Å²) in [6, 6.07) is 0.367. The molecule has 1 N–H and O–H groups in total. The van der Waals surface area contributed by atoms with Crippen molar-refractivity contribution in [2.75, 3.05) is 32.6 Å². The van der Waals surface area contributed by atoms with Crippen LogP contribution in [0.25, 0.3) is 0 Å². The maximum Gasteiger partial charge on any atom is 0.226 e. The SMILES string of the molecule is CCC(CSC)N(C)C(=O)C(C)CNC. The predicted octanol–water partition coefficient (Wildman–Crippen LogP) is 1.44. The second-order valence-corrected chi connectivity index (χ2v) is 4.84. The molecule has 2 unspecified atom stereocenters. The second kappa shape index (κ2) is 7.99. The van der Waals surface area contributed by atoms with Crippen LogP contribution in [-0.4, -0.2) is 49.5 Å². The lowest BCUT2D eigenvalue weighted by Crippen LogP contribution is -2.43. The molecule has 0 spiro atoms. The van der Waals surface area contributed by atoms with Crippen LogP contribution in [0.3, 0.4) is 0 Å². The van der Waals surface area contributed by atoms with E-state index in [-0.39, 0.29) is 11.8 Å². The highest BCUT2D eigenvalue weighted by Crippen LogP contribution is 2.11. The molecule has 2 atom stereocenters. The zero-order valence-corrected chi connectivity index (χ0v) is 11.4. The molecule has 0 saturated carbocycles. The fourth-order valence-corrected chi connectivity index (χ4v) is 2.46. The number of hydrogen-bond donors (Lipinski definition) is 1. The van der Waals surface area contributed by atoms with E-state index in [2.05, 4.69) is 18.5 Å². The van der Waals surface area contributed by atoms with Crippen molar-refractivity contribution in [3.8, 4) is 0 Å². The number of amides is 1. The number of nitrogens with one attached hydrogen (secondary N) is 1. The van der Waals surface area contributed by atoms with Crippen LogP contribution in [0.2, 0.25) is 0 Å². The minimum atomic E-state index is 0.0657. The zero-order chi connectivity index (χ0) is 11.8. The largest absolute Gasteiger partial charge is 0.342 e. The molecule has 90 valence electrons. The first-order valence-corrected chi connectivity index (χ1v) is 6.88. The van der Waals surface area contributed by atoms with E-state index in [9.17, 15) is 4.79 Å². The Morgan fingerprint density at radius 2 is 2.13 bits per heavy atom. The van der Waals surface area contributed by atoms with Gasteiger partial charge in [0, 0.05) is 31.3 Å². The number of hydrogen-bond acceptors (Lipinski definition) is 3. The molecule has 3 nitrogen and oxygen atoms in total. The molecule has 0 fully saturated rings. The highest BCUT2D eigenvalue weighted by atomic mass is 32.2. The summed E-state index contributed by atoms with van der Waals surface area (Å²) in [7, 11) is 3.79. The van der Waals surface area contributed by atoms with Gasteiger partial charge in [-0.25, -0.2) is 0 Å². The van der Waals surface area contributed by atoms with Crippen molar-refractivity contribution < 1.29 is 4.79 Å². The number of carbonyl (C=O) groups is 1. The molecule has 0 saturated heterocycles. The molecular formula is C11H24N2OS. The van der Waals surface area contributed by atoms with Gasteiger partial charge in [0.25, 0.3) is 0 Å². The number of thioether (sulfide) groups is 1. The van der Waals surface area contributed by atoms with Crippen LogP contribution < -0.4 is 5.32 Å². The maximum absolute atomic E-state index is 12.0. The highest BCUT2D eigenvalue weighted by molar-refractivity contribution is 7.98. The zero-order valence-electron chi connectivity index (χ0n) is 10.5. The van der Waals surface area contributed by atoms with Gasteiger partial charge in [-0.15, -0.1) is 0 Å². The summed E-state index contributed by atoms with van der Waals surface area (Å²) in [4.78, 5) is 13.9. The standard InChI is InChI=1S/C11H24N2OS/c1-6-10(8-15-5)13(4)11(14)9(2)7-12-3/h9-10,12H,6-8H2,1-5H3. The van der Waals surface area contributed by atoms with Gasteiger partial charge >= 0.3 is 0 Å². The summed E-state index contributed by atoms with van der Waals surface area (Å²) in [5.41, 5.74) is 0. The quantitative estimate of drug-likeness (QED) is 0.721. The van der Waals surface area contributed by atoms with Crippen molar-refractivity contribution in [2.24, 2.45) is 5.92 Å². The lowest BCUT2D eigenvalue weighted by Gasteiger charge is -2.29. The van der Waals surface area contributed by atoms with E-state index < -0.39 is 0 Å². The van der Waals surface area contributed by atoms with Gasteiger partial charge in [-0.3, -0.25) is 4.79 Å². The van der Waals surface area contributed by atoms with Gasteiger partial charge in [-0.05, 0) is 19.7 Å². The molecule has 0 heterocycles. The Kier molecular flexibility index (Phi) is 7.88. The molecule has 0 aliphatic heterocycles. The van der Waals surface area contributed by atoms with Gasteiger partial charge in [0.2, 0.25) is 5.91 Å². The fraction of sp³-hybridized carbons (Fsp3) is 0.909. The van der Waals surface area contributed by atoms with E-state index in [1.807, 2.05) is 25.9 Å². The normalized spacial score (nSPS) is 14.7. The Bertz CT molecular complexity index is 187. The number of nitrogens with zero attached hydrogens (tertiary/aromatic N) is 1. The Morgan fingerprint density at radius 1 is 1.53 bits per heavy atom. The molecular weight excluding hydrogens is 208 g/mol. The van der Waals surface area contributed by atoms with Crippen LogP contribution in [-0.2, 0) is 4.79 Å². The third kappa shape index (κ3) is 4.89. The molecule has 0 radical (unpaired) electrons. The fourth-order valence-electron chi connectivity index (χ4n) is 1.62. The Labute approximate surface area is 98.0 Å². The van der Waals surface area contributed by atoms with Crippen LogP contribution in [0.5, 0.6) is 0 Å². The summed E-state index contributed by atoms with van der Waals surface area (Å²) in [6.07, 6.45) is 3.10. The minimum absolute atomic E-state index is 0.0657. The molecule has 1 amide bonds. The topological polar surface area (TPSA) is 32.3 Å². The first kappa shape index (κ1) is 14.8. The Hall–Kier alpha value is -0.220. The summed E-state index contributed by atoms with van der Waals surface area (Å²) in [5.74, 6) is 1.33. The van der Waals surface area contributed by atoms with E-state index in [1.165, 1.54) is 0 Å². The van der Waals surface area contributed by atoms with Crippen molar-refractivity contribution in [2.45, 2.75) is 26.3 Å². The van der Waals surface area contributed by atoms with Crippen molar-refractivity contribution in [1.82, 2.24) is 10.2 Å². The van der Waals surface area contributed by atoms with Gasteiger partial charge in [-0.1, -0.05) is 13.8 Å². The van der Waals surface area contributed by atoms with Gasteiger partial charge in [0.15, 0.2) is 0 Å². The summed E-state index contributed by atoms with van der Waals surface area (Å²) in [5, 5.41) is 3.04. The second-order valence-electron chi connectivity index (χ2n) is 3.93. The summed E-state index contributed by atoms with van der Waals surface area (Å²) < 4.78 is 0. The van der Waals surface area contributed by atoms with Crippen LogP contribution in [0.1, 0.15) is 20.3 Å². The molecule has 0 bridgehead atoms. The van der Waals surface area contributed by atoms with E-state index in [1.54, 1.807) is 11.8 Å². The highest BCUT2D eigenvalue weighted by Gasteiger charge is 2.22. The summed E-state index contributed by atoms with van der Waals surface area (Å²) >= 11 is 1.80. The smallest absolute Gasteiger partial charge is 0.226 e. The third-order valence-electron chi connectivity index (χ3n) is 2.66. The van der Waals surface area contributed by atoms with E-state index in [4.69, 9.17) is 0 Å². The minimum Gasteiger partial charge on any atom is -0.342 e. The van der Waals surface area contributed by atoms with Crippen molar-refractivity contribution in [3.05, 3.63) is 0 Å². The Balaban J connectivity index is 4.26. The van der Waals surface area contributed by atoms with Gasteiger partial charge in [0.05, 0.1) is 0 Å². The lowest BCUT2D eigenvalue weighted by atomic mass is 10.1. The van der Waals surface area contributed by atoms with E-state index in [0.29, 0.717) is 6.04 Å². The predicted molar refractivity (Wildman–Crippen MR) is 68.3 cm³/mol. The molecule has 15 heavy (non-hydrogen) atoms. The molecule has 0 aliphatic rings. The van der Waals surface area contributed by atoms with Crippen molar-refractivity contribution in [1.29, 1.82) is 0 Å². The van der Waals surface area contributed by atoms with Crippen LogP contribution >= 0.6 is 11.8 Å². The number of rotatable bonds is 7. The van der Waals surface area contributed by atoms with Gasteiger partial charge in [-0.2, -0.15) is 11.8 Å². The average molecular weight is 232 g/mol. The molecule has 4 heteroatoms. The van der Waals surface area contributed by atoms with Crippen LogP contribution in [0.15, 0.2) is 0 Å². The first-order chi connectivity index (χ1) is 7.08. The lowest BCUT2D eigenvalue weighted by molar-refractivity contribution is -0.135. The van der Waals surface area contributed by atoms with Gasteiger partial charge < -0.3 is 10.2 Å². The number of carbonyl (C=O) groups excluding carboxylic acids is 1. The average Bonchev–Trinajstić information content (AvgIpc) is 2.24. The molecule has 0 aromatic rings. The molecule has 0 rings (SSSR count). The van der Waals surface area contributed by atoms with Crippen LogP contribution in [0, 0.1) is 5.92 Å². The van der Waals surface area contributed by atoms with Crippen molar-refractivity contribution in [3.63, 3.8) is 0 Å². The van der Waals surface area contributed by atoms with Crippen molar-refractivity contribution >= 4 is 17.7 Å². The Morgan fingerprint density at radius 3 is 2.53 bits per heavy atom. The monoisotopic (exact) mass is 232 g/mol. The van der Waals surface area contributed by atoms with E-state index in [0.717, 1.165) is 18.7 Å². The maximum atomic E-state index is 12.0. The third-order valence-corrected chi connectivity index (χ3v) is 3.38. The van der Waals surface area contributed by atoms with E-state index >= 15 is 0 Å². The molecule has 0 aliphatic carbocycles. The summed E-state index contributed by atoms with van der Waals surface area (Å²) in [6.45, 7) is 4.85. The molecule has 0 aromatic heterocycles. The van der Waals surface area contributed by atoms with Crippen LogP contribution in [0.4, 0.5) is 0 Å². The molecule has 0 aromatic carbocycles. The first-order valence-electron chi connectivity index (χ1n) is 5.48. The van der Waals surface area contributed by atoms with Gasteiger partial charge in [0.1, 0.15) is 0 Å².